The SMILES string of the molecule is Cc1c(N(CCCCCC(=O)O)/C(=C/C=C/C(CCCS(=O)(=O)O)=[N+](\CCCCCC(=O)O)c2ccc3c(S(=O)(=O)O)cc(S(=O)(=O)O)cc3c2C)CCCS(=O)(=O)O)ccc2c(S(=O)(=O)O)cc(S(=O)(=O)O)cc12. The van der Waals surface area contributed by atoms with Crippen molar-refractivity contribution in [1.29, 1.82) is 0 Å². The minimum Gasteiger partial charge on any atom is -0.481 e. The topological polar surface area (TPSA) is 407 Å². The molecule has 0 aromatic heterocycles. The first kappa shape index (κ1) is 62.3. The molecule has 0 amide bonds. The molecule has 4 aromatic carbocycles. The van der Waals surface area contributed by atoms with E-state index in [0.717, 1.165) is 12.1 Å². The van der Waals surface area contributed by atoms with E-state index in [0.29, 0.717) is 25.0 Å². The molecule has 24 nitrogen and oxygen atoms in total. The number of fused-ring (bicyclic) bond motifs is 2. The van der Waals surface area contributed by atoms with Crippen molar-refractivity contribution in [1.82, 2.24) is 0 Å². The summed E-state index contributed by atoms with van der Waals surface area (Å²) in [5, 5.41) is 18.1. The van der Waals surface area contributed by atoms with Crippen LogP contribution in [0.3, 0.4) is 0 Å². The number of carboxylic acids is 2. The van der Waals surface area contributed by atoms with Crippen molar-refractivity contribution in [3.05, 3.63) is 83.6 Å². The zero-order valence-electron chi connectivity index (χ0n) is 40.3. The number of allylic oxidation sites excluding steroid dienone is 4. The Kier molecular flexibility index (Phi) is 21.0. The summed E-state index contributed by atoms with van der Waals surface area (Å²) in [6.45, 7) is 2.98. The van der Waals surface area contributed by atoms with E-state index in [9.17, 15) is 97.6 Å². The predicted molar refractivity (Wildman–Crippen MR) is 274 cm³/mol. The summed E-state index contributed by atoms with van der Waals surface area (Å²) in [6, 6.07) is 8.39. The van der Waals surface area contributed by atoms with Crippen LogP contribution in [0.1, 0.15) is 88.2 Å². The molecule has 30 heteroatoms. The monoisotopic (exact) mass is 1170 g/mol. The Bertz CT molecular complexity index is 3650. The van der Waals surface area contributed by atoms with Crippen LogP contribution in [0.4, 0.5) is 11.4 Å². The Morgan fingerprint density at radius 2 is 0.987 bits per heavy atom. The van der Waals surface area contributed by atoms with Gasteiger partial charge in [-0.3, -0.25) is 36.9 Å². The summed E-state index contributed by atoms with van der Waals surface area (Å²) in [5.74, 6) is -3.65. The number of unbranched alkanes of at least 4 members (excludes halogenated alkanes) is 4. The van der Waals surface area contributed by atoms with Gasteiger partial charge in [0.1, 0.15) is 16.3 Å². The van der Waals surface area contributed by atoms with Crippen molar-refractivity contribution in [3.8, 4) is 0 Å². The van der Waals surface area contributed by atoms with E-state index in [1.807, 2.05) is 0 Å². The number of nitrogens with zero attached hydrogens (tertiary/aromatic N) is 2. The second kappa shape index (κ2) is 25.3. The Morgan fingerprint density at radius 3 is 1.45 bits per heavy atom. The second-order valence-corrected chi connectivity index (χ2v) is 26.1. The van der Waals surface area contributed by atoms with Crippen LogP contribution in [-0.2, 0) is 70.3 Å². The molecule has 75 heavy (non-hydrogen) atoms. The number of carboxylic acid groups (broad SMARTS) is 2. The summed E-state index contributed by atoms with van der Waals surface area (Å²) in [5.41, 5.74) is 1.36. The number of aryl methyl sites for hydroxylation is 2. The van der Waals surface area contributed by atoms with Crippen LogP contribution in [0.15, 0.2) is 92.0 Å². The molecule has 8 N–H and O–H groups in total. The lowest BCUT2D eigenvalue weighted by Crippen LogP contribution is -2.25. The normalized spacial score (nSPS) is 13.7. The smallest absolute Gasteiger partial charge is 0.303 e. The second-order valence-electron chi connectivity index (χ2n) is 17.4. The lowest BCUT2D eigenvalue weighted by atomic mass is 10.0. The molecule has 4 rings (SSSR count). The molecule has 0 atom stereocenters. The zero-order valence-corrected chi connectivity index (χ0v) is 45.2. The maximum Gasteiger partial charge on any atom is 0.303 e. The maximum absolute atomic E-state index is 12.5. The van der Waals surface area contributed by atoms with E-state index in [4.69, 9.17) is 0 Å². The zero-order chi connectivity index (χ0) is 56.5. The van der Waals surface area contributed by atoms with Crippen LogP contribution < -0.4 is 4.90 Å². The van der Waals surface area contributed by atoms with Gasteiger partial charge in [-0.25, -0.2) is 0 Å². The number of aliphatic carboxylic acids is 2. The van der Waals surface area contributed by atoms with Gasteiger partial charge in [0.15, 0.2) is 5.71 Å². The lowest BCUT2D eigenvalue weighted by Gasteiger charge is -2.30. The van der Waals surface area contributed by atoms with Crippen molar-refractivity contribution in [2.75, 3.05) is 29.5 Å². The lowest BCUT2D eigenvalue weighted by molar-refractivity contribution is -0.442. The molecule has 0 spiro atoms. The Morgan fingerprint density at radius 1 is 0.520 bits per heavy atom. The van der Waals surface area contributed by atoms with E-state index < -0.39 is 104 Å². The highest BCUT2D eigenvalue weighted by Crippen LogP contribution is 2.38. The van der Waals surface area contributed by atoms with Crippen molar-refractivity contribution in [3.63, 3.8) is 0 Å². The average molecular weight is 1170 g/mol. The van der Waals surface area contributed by atoms with Gasteiger partial charge in [0.2, 0.25) is 5.69 Å². The molecule has 414 valence electrons. The van der Waals surface area contributed by atoms with Crippen molar-refractivity contribution < 1.29 is 102 Å². The van der Waals surface area contributed by atoms with Gasteiger partial charge in [0.05, 0.1) is 21.3 Å². The molecule has 0 aliphatic heterocycles. The fraction of sp³-hybridized carbons (Fsp3) is 0.400. The average Bonchev–Trinajstić information content (AvgIpc) is 3.26. The summed E-state index contributed by atoms with van der Waals surface area (Å²) in [6.07, 6.45) is 4.84. The molecule has 0 saturated carbocycles. The first-order valence-corrected chi connectivity index (χ1v) is 31.6. The van der Waals surface area contributed by atoms with Gasteiger partial charge in [0, 0.05) is 72.1 Å². The van der Waals surface area contributed by atoms with Crippen molar-refractivity contribution in [2.24, 2.45) is 0 Å². The molecule has 0 saturated heterocycles. The van der Waals surface area contributed by atoms with Crippen LogP contribution in [0.25, 0.3) is 21.5 Å². The molecular weight excluding hydrogens is 1110 g/mol. The summed E-state index contributed by atoms with van der Waals surface area (Å²) in [4.78, 5) is 20.8. The number of hydrogen-bond acceptors (Lipinski definition) is 15. The molecule has 0 bridgehead atoms. The number of anilines is 1. The molecular formula is C45H57N2O22S6+. The highest BCUT2D eigenvalue weighted by molar-refractivity contribution is 7.87. The van der Waals surface area contributed by atoms with Gasteiger partial charge in [0.25, 0.3) is 60.7 Å². The van der Waals surface area contributed by atoms with Crippen LogP contribution in [0, 0.1) is 13.8 Å². The van der Waals surface area contributed by atoms with E-state index in [2.05, 4.69) is 0 Å². The van der Waals surface area contributed by atoms with E-state index in [1.165, 1.54) is 56.3 Å². The van der Waals surface area contributed by atoms with E-state index in [-0.39, 0.29) is 133 Å². The Labute approximate surface area is 434 Å². The van der Waals surface area contributed by atoms with Crippen LogP contribution in [0.2, 0.25) is 0 Å². The van der Waals surface area contributed by atoms with Gasteiger partial charge in [-0.1, -0.05) is 18.6 Å². The molecule has 0 aliphatic rings. The number of benzene rings is 4. The van der Waals surface area contributed by atoms with Crippen LogP contribution in [0.5, 0.6) is 0 Å². The Hall–Kier alpha value is -5.25. The summed E-state index contributed by atoms with van der Waals surface area (Å²) >= 11 is 0. The van der Waals surface area contributed by atoms with Gasteiger partial charge >= 0.3 is 11.9 Å². The van der Waals surface area contributed by atoms with E-state index in [1.54, 1.807) is 9.48 Å². The predicted octanol–water partition coefficient (Wildman–Crippen LogP) is 6.25. The standard InChI is InChI=1S/C45H56N2O22S6/c1-30-38-26-34(72(58,59)60)28-42(74(64,65)66)36(38)18-20-40(30)46(22-7-3-5-16-44(48)49)32(14-10-24-70(52,53)54)12-9-13-33(15-11-25-71(55,56)57)47(23-8-4-6-17-45(50)51)41-21-19-37-39(31(41)2)27-35(73(61,62)63)29-43(37)75(67,68)69/h9,12-13,18-21,26-29H,3-8,10-11,14-17,22-25H2,1-2H3,(H7-,48,49,50,51,52,53,54,55,56,57,58,59,60,61,62,63,64,65,66,67,68,69)/p+1. The first-order chi connectivity index (χ1) is 34.5. The molecule has 0 unspecified atom stereocenters. The number of rotatable bonds is 29. The van der Waals surface area contributed by atoms with Gasteiger partial charge < -0.3 is 15.1 Å². The highest BCUT2D eigenvalue weighted by Gasteiger charge is 2.27. The fourth-order valence-corrected chi connectivity index (χ4v) is 12.1. The van der Waals surface area contributed by atoms with Crippen LogP contribution >= 0.6 is 0 Å². The summed E-state index contributed by atoms with van der Waals surface area (Å²) in [7, 11) is -29.5. The number of carbonyl (C=O) groups is 2. The molecule has 0 radical (unpaired) electrons. The van der Waals surface area contributed by atoms with E-state index >= 15 is 0 Å². The first-order valence-electron chi connectivity index (χ1n) is 22.7. The van der Waals surface area contributed by atoms with Gasteiger partial charge in [-0.15, -0.1) is 0 Å². The van der Waals surface area contributed by atoms with Crippen molar-refractivity contribution in [2.45, 2.75) is 110 Å². The molecule has 4 aromatic rings. The minimum atomic E-state index is -5.12. The van der Waals surface area contributed by atoms with Gasteiger partial charge in [-0.2, -0.15) is 55.1 Å². The molecule has 0 fully saturated rings. The third kappa shape index (κ3) is 18.5. The van der Waals surface area contributed by atoms with Crippen molar-refractivity contribution >= 4 is 111 Å². The number of hydrogen-bond donors (Lipinski definition) is 8. The highest BCUT2D eigenvalue weighted by atomic mass is 32.2. The molecule has 0 heterocycles. The largest absolute Gasteiger partial charge is 0.481 e. The summed E-state index contributed by atoms with van der Waals surface area (Å²) < 4.78 is 209. The Balaban J connectivity index is 2.12. The minimum absolute atomic E-state index is 0.0292. The quantitative estimate of drug-likeness (QED) is 0.00978. The van der Waals surface area contributed by atoms with Crippen LogP contribution in [-0.4, -0.2) is 135 Å². The molecule has 0 aliphatic carbocycles. The maximum atomic E-state index is 12.5. The van der Waals surface area contributed by atoms with Gasteiger partial charge in [-0.05, 0) is 118 Å². The fourth-order valence-electron chi connectivity index (χ4n) is 8.37. The third-order valence-corrected chi connectivity index (χ3v) is 16.9. The third-order valence-electron chi connectivity index (χ3n) is 11.8.